The molecule has 0 atom stereocenters. The molecule has 4 nitrogen and oxygen atoms in total. The normalized spacial score (nSPS) is 10.1. The molecule has 0 fully saturated rings. The average molecular weight is 319 g/mol. The van der Waals surface area contributed by atoms with Gasteiger partial charge in [0, 0.05) is 10.6 Å². The fourth-order valence-corrected chi connectivity index (χ4v) is 2.48. The molecular formula is C16H14FNO3S. The Morgan fingerprint density at radius 2 is 1.95 bits per heavy atom. The number of carbonyl (C=O) groups excluding carboxylic acids is 2. The van der Waals surface area contributed by atoms with Crippen molar-refractivity contribution in [2.75, 3.05) is 18.2 Å². The van der Waals surface area contributed by atoms with Gasteiger partial charge in [0.15, 0.2) is 0 Å². The van der Waals surface area contributed by atoms with E-state index in [1.807, 2.05) is 0 Å². The number of rotatable bonds is 5. The summed E-state index contributed by atoms with van der Waals surface area (Å²) in [4.78, 5) is 23.7. The van der Waals surface area contributed by atoms with Crippen molar-refractivity contribution in [2.24, 2.45) is 0 Å². The minimum absolute atomic E-state index is 0.0728. The molecule has 0 spiro atoms. The maximum absolute atomic E-state index is 13.4. The van der Waals surface area contributed by atoms with E-state index in [1.165, 1.54) is 19.2 Å². The Kier molecular flexibility index (Phi) is 5.55. The van der Waals surface area contributed by atoms with Crippen molar-refractivity contribution in [3.05, 3.63) is 59.9 Å². The maximum atomic E-state index is 13.4. The number of nitrogens with one attached hydrogen (secondary N) is 1. The van der Waals surface area contributed by atoms with Gasteiger partial charge in [-0.2, -0.15) is 0 Å². The zero-order chi connectivity index (χ0) is 15.9. The highest BCUT2D eigenvalue weighted by Crippen LogP contribution is 2.21. The molecule has 0 aromatic heterocycles. The Labute approximate surface area is 131 Å². The van der Waals surface area contributed by atoms with Crippen LogP contribution >= 0.6 is 11.8 Å². The van der Waals surface area contributed by atoms with Gasteiger partial charge in [0.2, 0.25) is 5.91 Å². The summed E-state index contributed by atoms with van der Waals surface area (Å²) >= 11 is 1.11. The SMILES string of the molecule is COC(=O)c1cccc(NC(=O)CSc2ccccc2F)c1. The van der Waals surface area contributed by atoms with Crippen molar-refractivity contribution in [3.63, 3.8) is 0 Å². The molecule has 0 unspecified atom stereocenters. The van der Waals surface area contributed by atoms with E-state index in [4.69, 9.17) is 0 Å². The highest BCUT2D eigenvalue weighted by molar-refractivity contribution is 8.00. The first-order valence-corrected chi connectivity index (χ1v) is 7.44. The first-order chi connectivity index (χ1) is 10.6. The molecule has 0 bridgehead atoms. The molecule has 0 aliphatic rings. The van der Waals surface area contributed by atoms with Gasteiger partial charge in [0.1, 0.15) is 5.82 Å². The van der Waals surface area contributed by atoms with Crippen molar-refractivity contribution in [1.29, 1.82) is 0 Å². The highest BCUT2D eigenvalue weighted by atomic mass is 32.2. The van der Waals surface area contributed by atoms with Crippen LogP contribution in [-0.4, -0.2) is 24.7 Å². The summed E-state index contributed by atoms with van der Waals surface area (Å²) in [7, 11) is 1.29. The number of thioether (sulfide) groups is 1. The molecule has 0 radical (unpaired) electrons. The molecule has 0 saturated heterocycles. The molecule has 114 valence electrons. The van der Waals surface area contributed by atoms with Crippen molar-refractivity contribution >= 4 is 29.3 Å². The molecule has 1 N–H and O–H groups in total. The first-order valence-electron chi connectivity index (χ1n) is 6.45. The van der Waals surface area contributed by atoms with Gasteiger partial charge in [-0.1, -0.05) is 18.2 Å². The van der Waals surface area contributed by atoms with Gasteiger partial charge < -0.3 is 10.1 Å². The highest BCUT2D eigenvalue weighted by Gasteiger charge is 2.09. The second kappa shape index (κ2) is 7.61. The lowest BCUT2D eigenvalue weighted by molar-refractivity contribution is -0.113. The number of carbonyl (C=O) groups is 2. The second-order valence-corrected chi connectivity index (χ2v) is 5.36. The van der Waals surface area contributed by atoms with Crippen molar-refractivity contribution < 1.29 is 18.7 Å². The van der Waals surface area contributed by atoms with E-state index in [1.54, 1.807) is 36.4 Å². The molecule has 0 aliphatic carbocycles. The topological polar surface area (TPSA) is 55.4 Å². The monoisotopic (exact) mass is 319 g/mol. The Morgan fingerprint density at radius 1 is 1.18 bits per heavy atom. The zero-order valence-electron chi connectivity index (χ0n) is 11.8. The van der Waals surface area contributed by atoms with Gasteiger partial charge in [-0.15, -0.1) is 11.8 Å². The Morgan fingerprint density at radius 3 is 2.68 bits per heavy atom. The zero-order valence-corrected chi connectivity index (χ0v) is 12.7. The van der Waals surface area contributed by atoms with Crippen LogP contribution in [-0.2, 0) is 9.53 Å². The van der Waals surface area contributed by atoms with E-state index >= 15 is 0 Å². The lowest BCUT2D eigenvalue weighted by Gasteiger charge is -2.07. The number of esters is 1. The first kappa shape index (κ1) is 16.0. The van der Waals surface area contributed by atoms with Crippen LogP contribution in [0.3, 0.4) is 0 Å². The van der Waals surface area contributed by atoms with Crippen LogP contribution < -0.4 is 5.32 Å². The fourth-order valence-electron chi connectivity index (χ4n) is 1.74. The Hall–Kier alpha value is -2.34. The molecule has 0 aliphatic heterocycles. The van der Waals surface area contributed by atoms with E-state index in [9.17, 15) is 14.0 Å². The summed E-state index contributed by atoms with van der Waals surface area (Å²) in [6.07, 6.45) is 0. The molecule has 1 amide bonds. The number of amides is 1. The van der Waals surface area contributed by atoms with E-state index in [0.717, 1.165) is 11.8 Å². The number of halogens is 1. The van der Waals surface area contributed by atoms with E-state index < -0.39 is 5.97 Å². The summed E-state index contributed by atoms with van der Waals surface area (Å²) in [5.41, 5.74) is 0.837. The number of hydrogen-bond acceptors (Lipinski definition) is 4. The summed E-state index contributed by atoms with van der Waals surface area (Å²) < 4.78 is 18.1. The van der Waals surface area contributed by atoms with Crippen LogP contribution in [0.5, 0.6) is 0 Å². The Balaban J connectivity index is 1.95. The molecule has 0 heterocycles. The molecule has 6 heteroatoms. The molecule has 2 rings (SSSR count). The molecule has 0 saturated carbocycles. The van der Waals surface area contributed by atoms with Crippen molar-refractivity contribution in [1.82, 2.24) is 0 Å². The van der Waals surface area contributed by atoms with E-state index in [0.29, 0.717) is 16.1 Å². The van der Waals surface area contributed by atoms with Gasteiger partial charge in [-0.25, -0.2) is 9.18 Å². The Bertz CT molecular complexity index is 691. The number of ether oxygens (including phenoxy) is 1. The van der Waals surface area contributed by atoms with Crippen LogP contribution in [0.1, 0.15) is 10.4 Å². The third-order valence-corrected chi connectivity index (χ3v) is 3.81. The largest absolute Gasteiger partial charge is 0.465 e. The minimum atomic E-state index is -0.475. The lowest BCUT2D eigenvalue weighted by atomic mass is 10.2. The third kappa shape index (κ3) is 4.33. The minimum Gasteiger partial charge on any atom is -0.465 e. The van der Waals surface area contributed by atoms with Crippen LogP contribution in [0, 0.1) is 5.82 Å². The quantitative estimate of drug-likeness (QED) is 0.678. The molecular weight excluding hydrogens is 305 g/mol. The van der Waals surface area contributed by atoms with E-state index in [-0.39, 0.29) is 17.5 Å². The summed E-state index contributed by atoms with van der Waals surface area (Å²) in [6, 6.07) is 12.7. The van der Waals surface area contributed by atoms with Gasteiger partial charge in [-0.3, -0.25) is 4.79 Å². The maximum Gasteiger partial charge on any atom is 0.337 e. The standard InChI is InChI=1S/C16H14FNO3S/c1-21-16(20)11-5-4-6-12(9-11)18-15(19)10-22-14-8-3-2-7-13(14)17/h2-9H,10H2,1H3,(H,18,19). The van der Waals surface area contributed by atoms with Crippen LogP contribution in [0.2, 0.25) is 0 Å². The molecule has 22 heavy (non-hydrogen) atoms. The van der Waals surface area contributed by atoms with E-state index in [2.05, 4.69) is 10.1 Å². The summed E-state index contributed by atoms with van der Waals surface area (Å²) in [5, 5.41) is 2.66. The second-order valence-electron chi connectivity index (χ2n) is 4.34. The smallest absolute Gasteiger partial charge is 0.337 e. The molecule has 2 aromatic rings. The predicted octanol–water partition coefficient (Wildman–Crippen LogP) is 3.34. The predicted molar refractivity (Wildman–Crippen MR) is 83.5 cm³/mol. The van der Waals surface area contributed by atoms with Gasteiger partial charge >= 0.3 is 5.97 Å². The third-order valence-electron chi connectivity index (χ3n) is 2.76. The van der Waals surface area contributed by atoms with Crippen molar-refractivity contribution in [3.8, 4) is 0 Å². The number of methoxy groups -OCH3 is 1. The number of hydrogen-bond donors (Lipinski definition) is 1. The molecule has 2 aromatic carbocycles. The summed E-state index contributed by atoms with van der Waals surface area (Å²) in [5.74, 6) is -1.04. The van der Waals surface area contributed by atoms with Crippen LogP contribution in [0.4, 0.5) is 10.1 Å². The van der Waals surface area contributed by atoms with Crippen LogP contribution in [0.25, 0.3) is 0 Å². The van der Waals surface area contributed by atoms with Gasteiger partial charge in [0.25, 0.3) is 0 Å². The summed E-state index contributed by atoms with van der Waals surface area (Å²) in [6.45, 7) is 0. The number of anilines is 1. The fraction of sp³-hybridized carbons (Fsp3) is 0.125. The van der Waals surface area contributed by atoms with Gasteiger partial charge in [0.05, 0.1) is 18.4 Å². The van der Waals surface area contributed by atoms with Crippen LogP contribution in [0.15, 0.2) is 53.4 Å². The number of benzene rings is 2. The average Bonchev–Trinajstić information content (AvgIpc) is 2.53. The lowest BCUT2D eigenvalue weighted by Crippen LogP contribution is -2.14. The van der Waals surface area contributed by atoms with Gasteiger partial charge in [-0.05, 0) is 30.3 Å². The van der Waals surface area contributed by atoms with Crippen molar-refractivity contribution in [2.45, 2.75) is 4.90 Å².